The van der Waals surface area contributed by atoms with Gasteiger partial charge in [-0.05, 0) is 54.9 Å². The standard InChI is InChI=1S/C20H18N2O2/c21-13-5-6-15-9-11-16(12-10-15)22-20(23)24-14-19-17-7-3-1-2-4-8-18(17)19/h9-12,17-19H,3-4,7-8,14H2,(H,22,23)/t17-,18-/m0/s1. The van der Waals surface area contributed by atoms with Crippen LogP contribution in [0.15, 0.2) is 24.3 Å². The zero-order valence-electron chi connectivity index (χ0n) is 13.3. The number of nitriles is 1. The van der Waals surface area contributed by atoms with Crippen LogP contribution in [0.1, 0.15) is 31.2 Å². The second kappa shape index (κ2) is 7.58. The number of rotatable bonds is 3. The van der Waals surface area contributed by atoms with Crippen molar-refractivity contribution >= 4 is 11.8 Å². The maximum Gasteiger partial charge on any atom is 0.411 e. The van der Waals surface area contributed by atoms with E-state index in [1.807, 2.05) is 0 Å². The predicted octanol–water partition coefficient (Wildman–Crippen LogP) is 3.55. The van der Waals surface area contributed by atoms with Crippen molar-refractivity contribution in [1.82, 2.24) is 0 Å². The Hall–Kier alpha value is -2.90. The lowest BCUT2D eigenvalue weighted by atomic mass is 10.1. The van der Waals surface area contributed by atoms with E-state index in [9.17, 15) is 4.79 Å². The summed E-state index contributed by atoms with van der Waals surface area (Å²) in [5.74, 6) is 13.2. The molecule has 1 saturated carbocycles. The van der Waals surface area contributed by atoms with E-state index in [-0.39, 0.29) is 0 Å². The molecule has 3 rings (SSSR count). The van der Waals surface area contributed by atoms with Crippen LogP contribution in [0.3, 0.4) is 0 Å². The topological polar surface area (TPSA) is 62.1 Å². The minimum atomic E-state index is -0.429. The fraction of sp³-hybridized carbons (Fsp3) is 0.400. The molecule has 2 atom stereocenters. The molecule has 4 nitrogen and oxygen atoms in total. The van der Waals surface area contributed by atoms with Gasteiger partial charge in [-0.15, -0.1) is 11.8 Å². The molecule has 2 aliphatic rings. The second-order valence-electron chi connectivity index (χ2n) is 6.09. The first kappa shape index (κ1) is 16.0. The monoisotopic (exact) mass is 318 g/mol. The van der Waals surface area contributed by atoms with Crippen molar-refractivity contribution in [2.24, 2.45) is 17.8 Å². The molecule has 1 amide bonds. The first-order chi connectivity index (χ1) is 11.8. The largest absolute Gasteiger partial charge is 0.449 e. The van der Waals surface area contributed by atoms with Crippen LogP contribution in [-0.2, 0) is 4.74 Å². The van der Waals surface area contributed by atoms with Gasteiger partial charge in [0, 0.05) is 30.0 Å². The fourth-order valence-corrected chi connectivity index (χ4v) is 3.35. The lowest BCUT2D eigenvalue weighted by Crippen LogP contribution is -2.15. The molecule has 0 saturated heterocycles. The van der Waals surface area contributed by atoms with E-state index in [1.54, 1.807) is 30.3 Å². The van der Waals surface area contributed by atoms with E-state index in [0.717, 1.165) is 31.2 Å². The van der Waals surface area contributed by atoms with Crippen molar-refractivity contribution in [2.45, 2.75) is 25.7 Å². The highest BCUT2D eigenvalue weighted by Gasteiger charge is 2.49. The number of anilines is 1. The third kappa shape index (κ3) is 4.09. The van der Waals surface area contributed by atoms with Gasteiger partial charge in [0.2, 0.25) is 0 Å². The number of nitrogens with zero attached hydrogens (tertiary/aromatic N) is 1. The number of fused-ring (bicyclic) bond motifs is 1. The average molecular weight is 318 g/mol. The number of nitrogens with one attached hydrogen (secondary N) is 1. The van der Waals surface area contributed by atoms with Gasteiger partial charge in [-0.2, -0.15) is 5.26 Å². The molecule has 0 aromatic heterocycles. The normalized spacial score (nSPS) is 23.5. The van der Waals surface area contributed by atoms with Gasteiger partial charge in [0.25, 0.3) is 0 Å². The summed E-state index contributed by atoms with van der Waals surface area (Å²) in [7, 11) is 0. The van der Waals surface area contributed by atoms with E-state index < -0.39 is 6.09 Å². The molecule has 1 fully saturated rings. The van der Waals surface area contributed by atoms with Gasteiger partial charge < -0.3 is 4.74 Å². The van der Waals surface area contributed by atoms with Crippen LogP contribution in [0, 0.1) is 52.8 Å². The third-order valence-electron chi connectivity index (χ3n) is 4.64. The van der Waals surface area contributed by atoms with E-state index >= 15 is 0 Å². The van der Waals surface area contributed by atoms with Crippen LogP contribution in [0.5, 0.6) is 0 Å². The van der Waals surface area contributed by atoms with E-state index in [1.165, 1.54) is 0 Å². The molecule has 0 radical (unpaired) electrons. The number of ether oxygens (including phenoxy) is 1. The van der Waals surface area contributed by atoms with Crippen molar-refractivity contribution in [3.8, 4) is 29.8 Å². The minimum absolute atomic E-state index is 0.429. The maximum absolute atomic E-state index is 11.9. The summed E-state index contributed by atoms with van der Waals surface area (Å²) >= 11 is 0. The number of carbonyl (C=O) groups is 1. The Kier molecular flexibility index (Phi) is 5.05. The SMILES string of the molecule is N#CC#Cc1ccc(NC(=O)OCC2[C@H]3CCC#CCC[C@H]23)cc1. The van der Waals surface area contributed by atoms with Gasteiger partial charge in [-0.25, -0.2) is 4.79 Å². The first-order valence-electron chi connectivity index (χ1n) is 8.17. The number of carbonyl (C=O) groups excluding carboxylic acids is 1. The van der Waals surface area contributed by atoms with E-state index in [0.29, 0.717) is 30.0 Å². The van der Waals surface area contributed by atoms with Crippen molar-refractivity contribution in [2.75, 3.05) is 11.9 Å². The average Bonchev–Trinajstić information content (AvgIpc) is 3.22. The van der Waals surface area contributed by atoms with Crippen LogP contribution in [0.2, 0.25) is 0 Å². The molecule has 2 aliphatic carbocycles. The highest BCUT2D eigenvalue weighted by Crippen LogP contribution is 2.52. The molecular weight excluding hydrogens is 300 g/mol. The van der Waals surface area contributed by atoms with Gasteiger partial charge in [0.1, 0.15) is 0 Å². The molecule has 4 heteroatoms. The highest BCUT2D eigenvalue weighted by atomic mass is 16.5. The molecule has 0 spiro atoms. The van der Waals surface area contributed by atoms with Crippen LogP contribution in [0.4, 0.5) is 10.5 Å². The Balaban J connectivity index is 1.44. The molecule has 0 bridgehead atoms. The van der Waals surface area contributed by atoms with Crippen LogP contribution < -0.4 is 5.32 Å². The van der Waals surface area contributed by atoms with Crippen LogP contribution in [-0.4, -0.2) is 12.7 Å². The highest BCUT2D eigenvalue weighted by molar-refractivity contribution is 5.84. The minimum Gasteiger partial charge on any atom is -0.449 e. The van der Waals surface area contributed by atoms with Crippen molar-refractivity contribution in [1.29, 1.82) is 5.26 Å². The number of hydrogen-bond donors (Lipinski definition) is 1. The molecule has 0 aliphatic heterocycles. The molecule has 120 valence electrons. The van der Waals surface area contributed by atoms with Gasteiger partial charge in [-0.3, -0.25) is 5.32 Å². The Morgan fingerprint density at radius 1 is 1.21 bits per heavy atom. The van der Waals surface area contributed by atoms with Crippen LogP contribution >= 0.6 is 0 Å². The summed E-state index contributed by atoms with van der Waals surface area (Å²) in [5.41, 5.74) is 1.38. The van der Waals surface area contributed by atoms with Gasteiger partial charge in [-0.1, -0.05) is 5.92 Å². The quantitative estimate of drug-likeness (QED) is 0.867. The molecular formula is C20H18N2O2. The summed E-state index contributed by atoms with van der Waals surface area (Å²) < 4.78 is 5.38. The van der Waals surface area contributed by atoms with Gasteiger partial charge in [0.15, 0.2) is 6.07 Å². The first-order valence-corrected chi connectivity index (χ1v) is 8.17. The fourth-order valence-electron chi connectivity index (χ4n) is 3.35. The predicted molar refractivity (Wildman–Crippen MR) is 90.6 cm³/mol. The lowest BCUT2D eigenvalue weighted by molar-refractivity contribution is 0.152. The summed E-state index contributed by atoms with van der Waals surface area (Å²) in [4.78, 5) is 11.9. The number of amides is 1. The molecule has 0 unspecified atom stereocenters. The van der Waals surface area contributed by atoms with Crippen molar-refractivity contribution in [3.05, 3.63) is 29.8 Å². The summed E-state index contributed by atoms with van der Waals surface area (Å²) in [5, 5.41) is 11.1. The van der Waals surface area contributed by atoms with Crippen molar-refractivity contribution in [3.63, 3.8) is 0 Å². The molecule has 0 heterocycles. The van der Waals surface area contributed by atoms with Gasteiger partial charge in [0.05, 0.1) is 6.61 Å². The molecule has 1 aromatic rings. The van der Waals surface area contributed by atoms with Gasteiger partial charge >= 0.3 is 6.09 Å². The summed E-state index contributed by atoms with van der Waals surface area (Å²) in [6.45, 7) is 0.479. The molecule has 24 heavy (non-hydrogen) atoms. The third-order valence-corrected chi connectivity index (χ3v) is 4.64. The molecule has 1 N–H and O–H groups in total. The Morgan fingerprint density at radius 2 is 1.88 bits per heavy atom. The maximum atomic E-state index is 11.9. The van der Waals surface area contributed by atoms with Crippen LogP contribution in [0.25, 0.3) is 0 Å². The summed E-state index contributed by atoms with van der Waals surface area (Å²) in [6, 6.07) is 8.75. The molecule has 1 aromatic carbocycles. The number of benzene rings is 1. The Bertz CT molecular complexity index is 750. The Labute approximate surface area is 142 Å². The zero-order valence-corrected chi connectivity index (χ0v) is 13.3. The zero-order chi connectivity index (χ0) is 16.8. The smallest absolute Gasteiger partial charge is 0.411 e. The lowest BCUT2D eigenvalue weighted by Gasteiger charge is -2.07. The Morgan fingerprint density at radius 3 is 2.50 bits per heavy atom. The second-order valence-corrected chi connectivity index (χ2v) is 6.09. The number of hydrogen-bond acceptors (Lipinski definition) is 3. The summed E-state index contributed by atoms with van der Waals surface area (Å²) in [6.07, 6.45) is 3.74. The van der Waals surface area contributed by atoms with Crippen molar-refractivity contribution < 1.29 is 9.53 Å². The van der Waals surface area contributed by atoms with E-state index in [2.05, 4.69) is 29.0 Å². The van der Waals surface area contributed by atoms with E-state index in [4.69, 9.17) is 10.00 Å².